The number of aromatic nitrogens is 2. The van der Waals surface area contributed by atoms with Gasteiger partial charge in [0.25, 0.3) is 5.56 Å². The lowest BCUT2D eigenvalue weighted by atomic mass is 10.1. The molecular weight excluding hydrogens is 382 g/mol. The van der Waals surface area contributed by atoms with Crippen molar-refractivity contribution in [1.82, 2.24) is 9.55 Å². The van der Waals surface area contributed by atoms with E-state index in [0.29, 0.717) is 22.4 Å². The van der Waals surface area contributed by atoms with Crippen molar-refractivity contribution in [2.24, 2.45) is 7.05 Å². The fraction of sp³-hybridized carbons (Fsp3) is 0.263. The fourth-order valence-electron chi connectivity index (χ4n) is 3.43. The first-order valence-electron chi connectivity index (χ1n) is 8.15. The van der Waals surface area contributed by atoms with Crippen molar-refractivity contribution in [3.05, 3.63) is 67.9 Å². The normalized spacial score (nSPS) is 14.8. The molecule has 0 aliphatic carbocycles. The van der Waals surface area contributed by atoms with Gasteiger partial charge in [0.2, 0.25) is 5.95 Å². The average molecular weight is 400 g/mol. The molecule has 128 valence electrons. The van der Waals surface area contributed by atoms with Crippen molar-refractivity contribution in [3.8, 4) is 0 Å². The standard InChI is InChI=1S/C19H18BrN3O2/c1-11(24)15-7-14(20)8-16-17(15)21-19(22(2)18(16)25)23-9-12-5-3-4-6-13(12)10-23/h3-8,11,24H,9-10H2,1-2H3. The van der Waals surface area contributed by atoms with Gasteiger partial charge in [-0.3, -0.25) is 9.36 Å². The maximum atomic E-state index is 12.9. The summed E-state index contributed by atoms with van der Waals surface area (Å²) in [6, 6.07) is 11.8. The number of aliphatic hydroxyl groups excluding tert-OH is 1. The lowest BCUT2D eigenvalue weighted by Crippen LogP contribution is -2.28. The number of halogens is 1. The van der Waals surface area contributed by atoms with E-state index in [-0.39, 0.29) is 5.56 Å². The highest BCUT2D eigenvalue weighted by Crippen LogP contribution is 2.30. The lowest BCUT2D eigenvalue weighted by Gasteiger charge is -2.21. The molecule has 1 aromatic heterocycles. The summed E-state index contributed by atoms with van der Waals surface area (Å²) in [6.45, 7) is 3.14. The predicted molar refractivity (Wildman–Crippen MR) is 102 cm³/mol. The molecule has 25 heavy (non-hydrogen) atoms. The summed E-state index contributed by atoms with van der Waals surface area (Å²) in [4.78, 5) is 19.8. The third-order valence-electron chi connectivity index (χ3n) is 4.72. The second kappa shape index (κ2) is 5.97. The molecule has 2 heterocycles. The van der Waals surface area contributed by atoms with Crippen LogP contribution in [-0.4, -0.2) is 14.7 Å². The van der Waals surface area contributed by atoms with Gasteiger partial charge in [0, 0.05) is 30.2 Å². The molecule has 0 saturated carbocycles. The number of hydrogen-bond acceptors (Lipinski definition) is 4. The third-order valence-corrected chi connectivity index (χ3v) is 5.18. The van der Waals surface area contributed by atoms with Crippen LogP contribution in [0.1, 0.15) is 29.7 Å². The Balaban J connectivity index is 1.92. The predicted octanol–water partition coefficient (Wildman–Crippen LogP) is 3.27. The van der Waals surface area contributed by atoms with Gasteiger partial charge in [0.15, 0.2) is 0 Å². The Morgan fingerprint density at radius 2 is 1.84 bits per heavy atom. The van der Waals surface area contributed by atoms with E-state index < -0.39 is 6.10 Å². The summed E-state index contributed by atoms with van der Waals surface area (Å²) >= 11 is 3.42. The van der Waals surface area contributed by atoms with Gasteiger partial charge in [-0.15, -0.1) is 0 Å². The number of anilines is 1. The van der Waals surface area contributed by atoms with Crippen LogP contribution in [0.5, 0.6) is 0 Å². The molecule has 1 N–H and O–H groups in total. The van der Waals surface area contributed by atoms with E-state index in [9.17, 15) is 9.90 Å². The maximum absolute atomic E-state index is 12.9. The van der Waals surface area contributed by atoms with Gasteiger partial charge in [0.05, 0.1) is 17.0 Å². The summed E-state index contributed by atoms with van der Waals surface area (Å²) in [5.74, 6) is 0.623. The Morgan fingerprint density at radius 3 is 2.44 bits per heavy atom. The topological polar surface area (TPSA) is 58.4 Å². The quantitative estimate of drug-likeness (QED) is 0.718. The van der Waals surface area contributed by atoms with E-state index in [1.54, 1.807) is 24.6 Å². The molecule has 0 bridgehead atoms. The first kappa shape index (κ1) is 16.3. The minimum Gasteiger partial charge on any atom is -0.389 e. The molecule has 0 fully saturated rings. The van der Waals surface area contributed by atoms with Crippen molar-refractivity contribution in [1.29, 1.82) is 0 Å². The smallest absolute Gasteiger partial charge is 0.262 e. The number of nitrogens with zero attached hydrogens (tertiary/aromatic N) is 3. The molecule has 1 unspecified atom stereocenters. The Hall–Kier alpha value is -2.18. The highest BCUT2D eigenvalue weighted by molar-refractivity contribution is 9.10. The van der Waals surface area contributed by atoms with Gasteiger partial charge in [-0.2, -0.15) is 0 Å². The summed E-state index contributed by atoms with van der Waals surface area (Å²) in [5, 5.41) is 10.6. The van der Waals surface area contributed by atoms with Crippen LogP contribution in [0.3, 0.4) is 0 Å². The largest absolute Gasteiger partial charge is 0.389 e. The Bertz CT molecular complexity index is 1020. The first-order chi connectivity index (χ1) is 12.0. The molecule has 0 spiro atoms. The highest BCUT2D eigenvalue weighted by atomic mass is 79.9. The average Bonchev–Trinajstić information content (AvgIpc) is 3.01. The van der Waals surface area contributed by atoms with E-state index >= 15 is 0 Å². The van der Waals surface area contributed by atoms with Crippen LogP contribution in [0.4, 0.5) is 5.95 Å². The minimum absolute atomic E-state index is 0.112. The Morgan fingerprint density at radius 1 is 1.20 bits per heavy atom. The number of hydrogen-bond donors (Lipinski definition) is 1. The van der Waals surface area contributed by atoms with Gasteiger partial charge >= 0.3 is 0 Å². The molecule has 3 aromatic rings. The second-order valence-corrected chi connectivity index (χ2v) is 7.38. The van der Waals surface area contributed by atoms with Crippen LogP contribution in [0.25, 0.3) is 10.9 Å². The molecule has 1 atom stereocenters. The van der Waals surface area contributed by atoms with E-state index in [1.807, 2.05) is 18.2 Å². The Labute approximate surface area is 153 Å². The van der Waals surface area contributed by atoms with E-state index in [4.69, 9.17) is 4.98 Å². The van der Waals surface area contributed by atoms with Gasteiger partial charge in [-0.05, 0) is 30.2 Å². The first-order valence-corrected chi connectivity index (χ1v) is 8.95. The number of aliphatic hydroxyl groups is 1. The monoisotopic (exact) mass is 399 g/mol. The van der Waals surface area contributed by atoms with Crippen LogP contribution in [-0.2, 0) is 20.1 Å². The molecule has 0 saturated heterocycles. The molecule has 1 aliphatic heterocycles. The molecule has 5 nitrogen and oxygen atoms in total. The second-order valence-electron chi connectivity index (χ2n) is 6.47. The van der Waals surface area contributed by atoms with Crippen molar-refractivity contribution in [2.75, 3.05) is 4.90 Å². The molecule has 2 aromatic carbocycles. The molecule has 4 rings (SSSR count). The molecule has 1 aliphatic rings. The van der Waals surface area contributed by atoms with Gasteiger partial charge < -0.3 is 10.0 Å². The Kier molecular flexibility index (Phi) is 3.89. The number of benzene rings is 2. The zero-order chi connectivity index (χ0) is 17.7. The zero-order valence-electron chi connectivity index (χ0n) is 14.0. The maximum Gasteiger partial charge on any atom is 0.262 e. The van der Waals surface area contributed by atoms with E-state index in [1.165, 1.54) is 11.1 Å². The van der Waals surface area contributed by atoms with Crippen molar-refractivity contribution in [2.45, 2.75) is 26.1 Å². The SMILES string of the molecule is CC(O)c1cc(Br)cc2c(=O)n(C)c(N3Cc4ccccc4C3)nc12. The van der Waals surface area contributed by atoms with E-state index in [0.717, 1.165) is 17.6 Å². The van der Waals surface area contributed by atoms with Crippen LogP contribution in [0, 0.1) is 0 Å². The number of rotatable bonds is 2. The highest BCUT2D eigenvalue weighted by Gasteiger charge is 2.24. The van der Waals surface area contributed by atoms with Crippen molar-refractivity contribution in [3.63, 3.8) is 0 Å². The summed E-state index contributed by atoms with van der Waals surface area (Å²) in [5.41, 5.74) is 3.61. The molecule has 0 amide bonds. The minimum atomic E-state index is -0.705. The summed E-state index contributed by atoms with van der Waals surface area (Å²) in [7, 11) is 1.75. The molecule has 6 heteroatoms. The fourth-order valence-corrected chi connectivity index (χ4v) is 3.91. The van der Waals surface area contributed by atoms with Crippen LogP contribution < -0.4 is 10.5 Å². The van der Waals surface area contributed by atoms with Crippen LogP contribution in [0.15, 0.2) is 45.7 Å². The summed E-state index contributed by atoms with van der Waals surface area (Å²) in [6.07, 6.45) is -0.705. The van der Waals surface area contributed by atoms with Crippen LogP contribution >= 0.6 is 15.9 Å². The van der Waals surface area contributed by atoms with Gasteiger partial charge in [-0.1, -0.05) is 40.2 Å². The van der Waals surface area contributed by atoms with Crippen molar-refractivity contribution >= 4 is 32.8 Å². The number of fused-ring (bicyclic) bond motifs is 2. The lowest BCUT2D eigenvalue weighted by molar-refractivity contribution is 0.200. The van der Waals surface area contributed by atoms with E-state index in [2.05, 4.69) is 33.0 Å². The van der Waals surface area contributed by atoms with Gasteiger partial charge in [-0.25, -0.2) is 4.98 Å². The molecule has 0 radical (unpaired) electrons. The van der Waals surface area contributed by atoms with Gasteiger partial charge in [0.1, 0.15) is 0 Å². The molecular formula is C19H18BrN3O2. The summed E-state index contributed by atoms with van der Waals surface area (Å²) < 4.78 is 2.35. The van der Waals surface area contributed by atoms with Crippen molar-refractivity contribution < 1.29 is 5.11 Å². The van der Waals surface area contributed by atoms with Crippen LogP contribution in [0.2, 0.25) is 0 Å². The third kappa shape index (κ3) is 2.65. The zero-order valence-corrected chi connectivity index (χ0v) is 15.6.